The van der Waals surface area contributed by atoms with E-state index in [9.17, 15) is 13.2 Å². The van der Waals surface area contributed by atoms with E-state index in [1.165, 1.54) is 19.6 Å². The van der Waals surface area contributed by atoms with Crippen molar-refractivity contribution in [2.75, 3.05) is 33.0 Å². The summed E-state index contributed by atoms with van der Waals surface area (Å²) in [6, 6.07) is 3.53. The number of piperidine rings is 1. The van der Waals surface area contributed by atoms with Crippen LogP contribution in [0.25, 0.3) is 0 Å². The Morgan fingerprint density at radius 2 is 2.26 bits per heavy atom. The van der Waals surface area contributed by atoms with E-state index in [0.717, 1.165) is 31.6 Å². The number of pyridine rings is 1. The van der Waals surface area contributed by atoms with Crippen LogP contribution in [0.4, 0.5) is 0 Å². The highest BCUT2D eigenvalue weighted by Gasteiger charge is 2.21. The van der Waals surface area contributed by atoms with Gasteiger partial charge in [0.05, 0.1) is 24.6 Å². The zero-order chi connectivity index (χ0) is 16.9. The van der Waals surface area contributed by atoms with E-state index < -0.39 is 16.0 Å². The molecule has 1 N–H and O–H groups in total. The molecule has 1 aliphatic heterocycles. The molecule has 2 heterocycles. The van der Waals surface area contributed by atoms with Gasteiger partial charge in [-0.2, -0.15) is 0 Å². The summed E-state index contributed by atoms with van der Waals surface area (Å²) in [5.41, 5.74) is 1.32. The Labute approximate surface area is 137 Å². The van der Waals surface area contributed by atoms with Crippen molar-refractivity contribution in [1.29, 1.82) is 0 Å². The minimum Gasteiger partial charge on any atom is -0.465 e. The summed E-state index contributed by atoms with van der Waals surface area (Å²) in [7, 11) is -1.80. The standard InChI is InChI=1S/C15H23N3O4S/c1-22-15(19)13-5-6-14(16-9-13)11-18-7-3-4-12(10-18)8-17-23(2,20)21/h5-6,9,12,17H,3-4,7-8,10-11H2,1-2H3/t12-/m0/s1. The quantitative estimate of drug-likeness (QED) is 0.764. The number of esters is 1. The molecule has 1 aromatic heterocycles. The maximum Gasteiger partial charge on any atom is 0.339 e. The molecule has 1 fully saturated rings. The first-order valence-corrected chi connectivity index (χ1v) is 9.47. The number of aromatic nitrogens is 1. The van der Waals surface area contributed by atoms with E-state index in [4.69, 9.17) is 0 Å². The first kappa shape index (κ1) is 17.8. The molecule has 1 saturated heterocycles. The molecule has 1 aliphatic rings. The van der Waals surface area contributed by atoms with E-state index in [2.05, 4.69) is 19.3 Å². The van der Waals surface area contributed by atoms with Gasteiger partial charge in [-0.1, -0.05) is 0 Å². The highest BCUT2D eigenvalue weighted by molar-refractivity contribution is 7.88. The van der Waals surface area contributed by atoms with Crippen LogP contribution in [0.15, 0.2) is 18.3 Å². The van der Waals surface area contributed by atoms with E-state index in [-0.39, 0.29) is 0 Å². The lowest BCUT2D eigenvalue weighted by molar-refractivity contribution is 0.0600. The lowest BCUT2D eigenvalue weighted by atomic mass is 9.98. The number of nitrogens with one attached hydrogen (secondary N) is 1. The Balaban J connectivity index is 1.88. The lowest BCUT2D eigenvalue weighted by Gasteiger charge is -2.32. The largest absolute Gasteiger partial charge is 0.465 e. The molecule has 8 heteroatoms. The van der Waals surface area contributed by atoms with Gasteiger partial charge in [-0.3, -0.25) is 9.88 Å². The average molecular weight is 341 g/mol. The fraction of sp³-hybridized carbons (Fsp3) is 0.600. The van der Waals surface area contributed by atoms with Crippen molar-refractivity contribution in [3.05, 3.63) is 29.6 Å². The summed E-state index contributed by atoms with van der Waals surface area (Å²) in [6.45, 7) is 2.97. The van der Waals surface area contributed by atoms with E-state index >= 15 is 0 Å². The number of ether oxygens (including phenoxy) is 1. The summed E-state index contributed by atoms with van der Waals surface area (Å²) in [4.78, 5) is 17.9. The number of rotatable bonds is 6. The van der Waals surface area contributed by atoms with Crippen LogP contribution in [0.3, 0.4) is 0 Å². The second-order valence-electron chi connectivity index (χ2n) is 5.89. The number of hydrogen-bond donors (Lipinski definition) is 1. The van der Waals surface area contributed by atoms with Crippen molar-refractivity contribution < 1.29 is 17.9 Å². The molecular formula is C15H23N3O4S. The summed E-state index contributed by atoms with van der Waals surface area (Å²) >= 11 is 0. The van der Waals surface area contributed by atoms with Crippen LogP contribution in [0.5, 0.6) is 0 Å². The fourth-order valence-electron chi connectivity index (χ4n) is 2.72. The first-order chi connectivity index (χ1) is 10.9. The summed E-state index contributed by atoms with van der Waals surface area (Å²) in [6.07, 6.45) is 4.76. The highest BCUT2D eigenvalue weighted by atomic mass is 32.2. The van der Waals surface area contributed by atoms with Crippen molar-refractivity contribution in [2.45, 2.75) is 19.4 Å². The van der Waals surface area contributed by atoms with E-state index in [1.54, 1.807) is 6.07 Å². The molecule has 1 aromatic rings. The van der Waals surface area contributed by atoms with Gasteiger partial charge in [0, 0.05) is 25.8 Å². The smallest absolute Gasteiger partial charge is 0.339 e. The van der Waals surface area contributed by atoms with Crippen LogP contribution < -0.4 is 4.72 Å². The zero-order valence-corrected chi connectivity index (χ0v) is 14.3. The second kappa shape index (κ2) is 7.85. The molecule has 1 atom stereocenters. The van der Waals surface area contributed by atoms with Crippen LogP contribution in [-0.2, 0) is 21.3 Å². The van der Waals surface area contributed by atoms with Gasteiger partial charge in [-0.25, -0.2) is 17.9 Å². The molecule has 0 spiro atoms. The predicted molar refractivity (Wildman–Crippen MR) is 86.4 cm³/mol. The molecule has 0 aromatic carbocycles. The van der Waals surface area contributed by atoms with E-state index in [1.807, 2.05) is 6.07 Å². The van der Waals surface area contributed by atoms with Crippen LogP contribution in [0.1, 0.15) is 28.9 Å². The maximum atomic E-state index is 11.4. The van der Waals surface area contributed by atoms with Crippen molar-refractivity contribution in [3.8, 4) is 0 Å². The van der Waals surface area contributed by atoms with Crippen LogP contribution in [-0.4, -0.2) is 57.3 Å². The maximum absolute atomic E-state index is 11.4. The normalized spacial score (nSPS) is 19.5. The SMILES string of the molecule is COC(=O)c1ccc(CN2CCC[C@@H](CNS(C)(=O)=O)C2)nc1. The second-order valence-corrected chi connectivity index (χ2v) is 7.73. The molecule has 0 radical (unpaired) electrons. The van der Waals surface area contributed by atoms with Crippen molar-refractivity contribution >= 4 is 16.0 Å². The molecule has 128 valence electrons. The summed E-state index contributed by atoms with van der Waals surface area (Å²) in [5, 5.41) is 0. The van der Waals surface area contributed by atoms with Crippen LogP contribution in [0.2, 0.25) is 0 Å². The van der Waals surface area contributed by atoms with E-state index in [0.29, 0.717) is 24.6 Å². The van der Waals surface area contributed by atoms with Gasteiger partial charge < -0.3 is 4.74 Å². The van der Waals surface area contributed by atoms with Gasteiger partial charge >= 0.3 is 5.97 Å². The Bertz CT molecular complexity index is 631. The highest BCUT2D eigenvalue weighted by Crippen LogP contribution is 2.18. The first-order valence-electron chi connectivity index (χ1n) is 7.57. The molecule has 0 aliphatic carbocycles. The molecule has 0 unspecified atom stereocenters. The minimum atomic E-state index is -3.14. The third-order valence-corrected chi connectivity index (χ3v) is 4.56. The number of likely N-dealkylation sites (tertiary alicyclic amines) is 1. The Hall–Kier alpha value is -1.51. The summed E-state index contributed by atoms with van der Waals surface area (Å²) in [5.74, 6) is -0.0817. The number of hydrogen-bond acceptors (Lipinski definition) is 6. The molecule has 7 nitrogen and oxygen atoms in total. The number of nitrogens with zero attached hydrogens (tertiary/aromatic N) is 2. The van der Waals surface area contributed by atoms with Gasteiger partial charge in [0.2, 0.25) is 10.0 Å². The molecule has 0 saturated carbocycles. The topological polar surface area (TPSA) is 88.6 Å². The van der Waals surface area contributed by atoms with Crippen LogP contribution >= 0.6 is 0 Å². The Morgan fingerprint density at radius 3 is 2.87 bits per heavy atom. The number of carbonyl (C=O) groups is 1. The summed E-state index contributed by atoms with van der Waals surface area (Å²) < 4.78 is 29.6. The molecule has 0 amide bonds. The Morgan fingerprint density at radius 1 is 1.48 bits per heavy atom. The molecular weight excluding hydrogens is 318 g/mol. The number of carbonyl (C=O) groups excluding carboxylic acids is 1. The van der Waals surface area contributed by atoms with Crippen molar-refractivity contribution in [3.63, 3.8) is 0 Å². The van der Waals surface area contributed by atoms with Crippen LogP contribution in [0, 0.1) is 5.92 Å². The molecule has 23 heavy (non-hydrogen) atoms. The molecule has 2 rings (SSSR count). The Kier molecular flexibility index (Phi) is 6.09. The number of methoxy groups -OCH3 is 1. The van der Waals surface area contributed by atoms with Gasteiger partial charge in [-0.15, -0.1) is 0 Å². The lowest BCUT2D eigenvalue weighted by Crippen LogP contribution is -2.40. The predicted octanol–water partition coefficient (Wildman–Crippen LogP) is 0.629. The minimum absolute atomic E-state index is 0.313. The third-order valence-electron chi connectivity index (χ3n) is 3.87. The zero-order valence-electron chi connectivity index (χ0n) is 13.5. The third kappa shape index (κ3) is 5.89. The van der Waals surface area contributed by atoms with Gasteiger partial charge in [0.15, 0.2) is 0 Å². The van der Waals surface area contributed by atoms with Crippen molar-refractivity contribution in [2.24, 2.45) is 5.92 Å². The van der Waals surface area contributed by atoms with Crippen molar-refractivity contribution in [1.82, 2.24) is 14.6 Å². The molecule has 0 bridgehead atoms. The fourth-order valence-corrected chi connectivity index (χ4v) is 3.25. The van der Waals surface area contributed by atoms with Gasteiger partial charge in [0.25, 0.3) is 0 Å². The monoisotopic (exact) mass is 341 g/mol. The average Bonchev–Trinajstić information content (AvgIpc) is 2.53. The van der Waals surface area contributed by atoms with Gasteiger partial charge in [-0.05, 0) is 37.4 Å². The van der Waals surface area contributed by atoms with Gasteiger partial charge in [0.1, 0.15) is 0 Å². The number of sulfonamides is 1.